The number of nitrogens with two attached hydrogens (primary N) is 1. The van der Waals surface area contributed by atoms with E-state index in [1.54, 1.807) is 35.2 Å². The number of halogens is 1. The molecule has 0 atom stereocenters. The highest BCUT2D eigenvalue weighted by atomic mass is 32.2. The van der Waals surface area contributed by atoms with Crippen molar-refractivity contribution >= 4 is 28.8 Å². The molecule has 78 valence electrons. The van der Waals surface area contributed by atoms with E-state index in [1.165, 1.54) is 10.3 Å². The summed E-state index contributed by atoms with van der Waals surface area (Å²) in [5, 5.41) is 2.02. The van der Waals surface area contributed by atoms with Crippen LogP contribution in [0.1, 0.15) is 5.56 Å². The van der Waals surface area contributed by atoms with Crippen molar-refractivity contribution in [3.63, 3.8) is 0 Å². The van der Waals surface area contributed by atoms with Crippen molar-refractivity contribution in [1.82, 2.24) is 0 Å². The summed E-state index contributed by atoms with van der Waals surface area (Å²) in [6.45, 7) is 0. The van der Waals surface area contributed by atoms with Crippen molar-refractivity contribution in [1.29, 1.82) is 0 Å². The predicted octanol–water partition coefficient (Wildman–Crippen LogP) is 3.76. The lowest BCUT2D eigenvalue weighted by atomic mass is 10.2. The topological polar surface area (TPSA) is 26.0 Å². The fourth-order valence-electron chi connectivity index (χ4n) is 1.18. The summed E-state index contributed by atoms with van der Waals surface area (Å²) in [6, 6.07) is 8.86. The highest BCUT2D eigenvalue weighted by Crippen LogP contribution is 2.28. The number of anilines is 1. The predicted molar refractivity (Wildman–Crippen MR) is 64.7 cm³/mol. The summed E-state index contributed by atoms with van der Waals surface area (Å²) in [4.78, 5) is 0. The second kappa shape index (κ2) is 4.68. The van der Waals surface area contributed by atoms with Gasteiger partial charge in [-0.05, 0) is 29.1 Å². The molecule has 0 aliphatic carbocycles. The third-order valence-electron chi connectivity index (χ3n) is 1.94. The van der Waals surface area contributed by atoms with E-state index in [2.05, 4.69) is 0 Å². The molecule has 1 nitrogen and oxygen atoms in total. The van der Waals surface area contributed by atoms with Crippen molar-refractivity contribution in [2.45, 2.75) is 9.96 Å². The lowest BCUT2D eigenvalue weighted by Crippen LogP contribution is -1.91. The summed E-state index contributed by atoms with van der Waals surface area (Å²) in [5.41, 5.74) is 6.64. The summed E-state index contributed by atoms with van der Waals surface area (Å²) in [5.74, 6) is 0.422. The molecule has 2 rings (SSSR count). The maximum atomic E-state index is 13.4. The Balaban J connectivity index is 2.05. The van der Waals surface area contributed by atoms with Gasteiger partial charge in [0.25, 0.3) is 0 Å². The number of nitrogen functional groups attached to an aromatic ring is 1. The zero-order valence-electron chi connectivity index (χ0n) is 7.94. The first-order valence-corrected chi connectivity index (χ1v) is 6.32. The Morgan fingerprint density at radius 1 is 1.33 bits per heavy atom. The molecule has 2 aromatic rings. The van der Waals surface area contributed by atoms with Gasteiger partial charge >= 0.3 is 0 Å². The van der Waals surface area contributed by atoms with Gasteiger partial charge in [-0.3, -0.25) is 0 Å². The molecule has 1 aromatic carbocycles. The van der Waals surface area contributed by atoms with Crippen LogP contribution in [0.5, 0.6) is 0 Å². The van der Waals surface area contributed by atoms with Gasteiger partial charge in [-0.2, -0.15) is 0 Å². The second-order valence-corrected chi connectivity index (χ2v) is 5.29. The van der Waals surface area contributed by atoms with E-state index >= 15 is 0 Å². The van der Waals surface area contributed by atoms with Crippen molar-refractivity contribution in [2.75, 3.05) is 5.73 Å². The first-order valence-electron chi connectivity index (χ1n) is 4.46. The minimum atomic E-state index is -0.223. The maximum Gasteiger partial charge on any atom is 0.129 e. The number of thiophene rings is 1. The summed E-state index contributed by atoms with van der Waals surface area (Å²) < 4.78 is 14.6. The minimum absolute atomic E-state index is 0.223. The van der Waals surface area contributed by atoms with Crippen LogP contribution in [0.4, 0.5) is 10.1 Å². The number of hydrogen-bond donors (Lipinski definition) is 1. The van der Waals surface area contributed by atoms with Crippen LogP contribution >= 0.6 is 23.1 Å². The molecule has 0 amide bonds. The van der Waals surface area contributed by atoms with Gasteiger partial charge in [0.1, 0.15) is 5.82 Å². The Kier molecular flexibility index (Phi) is 3.28. The lowest BCUT2D eigenvalue weighted by molar-refractivity contribution is 0.618. The molecule has 0 saturated carbocycles. The Hall–Kier alpha value is -1.00. The van der Waals surface area contributed by atoms with Crippen LogP contribution < -0.4 is 5.73 Å². The highest BCUT2D eigenvalue weighted by molar-refractivity contribution is 8.00. The van der Waals surface area contributed by atoms with Crippen molar-refractivity contribution in [2.24, 2.45) is 0 Å². The van der Waals surface area contributed by atoms with Gasteiger partial charge in [-0.25, -0.2) is 4.39 Å². The molecule has 0 aliphatic heterocycles. The fourth-order valence-corrected chi connectivity index (χ4v) is 2.95. The molecule has 0 bridgehead atoms. The minimum Gasteiger partial charge on any atom is -0.399 e. The molecule has 0 spiro atoms. The van der Waals surface area contributed by atoms with Crippen LogP contribution in [0, 0.1) is 5.82 Å². The quantitative estimate of drug-likeness (QED) is 0.652. The Morgan fingerprint density at radius 2 is 2.20 bits per heavy atom. The molecule has 0 fully saturated rings. The molecular weight excluding hydrogens is 229 g/mol. The Bertz CT molecular complexity index is 440. The third-order valence-corrected chi connectivity index (χ3v) is 4.12. The number of rotatable bonds is 3. The average molecular weight is 239 g/mol. The van der Waals surface area contributed by atoms with Crippen LogP contribution in [0.15, 0.2) is 39.9 Å². The van der Waals surface area contributed by atoms with Crippen LogP contribution in [-0.4, -0.2) is 0 Å². The molecule has 2 N–H and O–H groups in total. The smallest absolute Gasteiger partial charge is 0.129 e. The summed E-state index contributed by atoms with van der Waals surface area (Å²) >= 11 is 3.30. The standard InChI is InChI=1S/C11H10FNS2/c12-10-6-9(13)4-3-8(10)7-15-11-2-1-5-14-11/h1-6H,7,13H2. The molecule has 0 aliphatic rings. The van der Waals surface area contributed by atoms with Gasteiger partial charge in [0.2, 0.25) is 0 Å². The van der Waals surface area contributed by atoms with E-state index in [0.29, 0.717) is 17.0 Å². The van der Waals surface area contributed by atoms with E-state index in [0.717, 1.165) is 0 Å². The monoisotopic (exact) mass is 239 g/mol. The van der Waals surface area contributed by atoms with E-state index in [-0.39, 0.29) is 5.82 Å². The molecule has 4 heteroatoms. The molecule has 0 unspecified atom stereocenters. The lowest BCUT2D eigenvalue weighted by Gasteiger charge is -2.02. The van der Waals surface area contributed by atoms with E-state index in [1.807, 2.05) is 17.5 Å². The van der Waals surface area contributed by atoms with Crippen LogP contribution in [0.3, 0.4) is 0 Å². The first kappa shape index (κ1) is 10.5. The zero-order valence-corrected chi connectivity index (χ0v) is 9.58. The Labute approximate surface area is 96.1 Å². The number of benzene rings is 1. The van der Waals surface area contributed by atoms with Gasteiger partial charge in [0.15, 0.2) is 0 Å². The Morgan fingerprint density at radius 3 is 2.87 bits per heavy atom. The molecule has 0 radical (unpaired) electrons. The van der Waals surface area contributed by atoms with Crippen LogP contribution in [0.25, 0.3) is 0 Å². The zero-order chi connectivity index (χ0) is 10.7. The highest BCUT2D eigenvalue weighted by Gasteiger charge is 2.03. The normalized spacial score (nSPS) is 10.5. The van der Waals surface area contributed by atoms with Crippen LogP contribution in [-0.2, 0) is 5.75 Å². The van der Waals surface area contributed by atoms with Crippen molar-refractivity contribution in [3.05, 3.63) is 47.1 Å². The molecule has 1 heterocycles. The van der Waals surface area contributed by atoms with Gasteiger partial charge < -0.3 is 5.73 Å². The second-order valence-electron chi connectivity index (χ2n) is 3.07. The van der Waals surface area contributed by atoms with Crippen LogP contribution in [0.2, 0.25) is 0 Å². The molecule has 15 heavy (non-hydrogen) atoms. The van der Waals surface area contributed by atoms with E-state index in [4.69, 9.17) is 5.73 Å². The van der Waals surface area contributed by atoms with Crippen molar-refractivity contribution < 1.29 is 4.39 Å². The first-order chi connectivity index (χ1) is 7.25. The SMILES string of the molecule is Nc1ccc(CSc2cccs2)c(F)c1. The number of hydrogen-bond acceptors (Lipinski definition) is 3. The maximum absolute atomic E-state index is 13.4. The molecule has 1 aromatic heterocycles. The fraction of sp³-hybridized carbons (Fsp3) is 0.0909. The molecule has 0 saturated heterocycles. The van der Waals surface area contributed by atoms with Gasteiger partial charge in [-0.1, -0.05) is 12.1 Å². The largest absolute Gasteiger partial charge is 0.399 e. The molecular formula is C11H10FNS2. The van der Waals surface area contributed by atoms with E-state index < -0.39 is 0 Å². The average Bonchev–Trinajstić information content (AvgIpc) is 2.69. The summed E-state index contributed by atoms with van der Waals surface area (Å²) in [6.07, 6.45) is 0. The third kappa shape index (κ3) is 2.73. The number of thioether (sulfide) groups is 1. The van der Waals surface area contributed by atoms with E-state index in [9.17, 15) is 4.39 Å². The van der Waals surface area contributed by atoms with Gasteiger partial charge in [0, 0.05) is 11.4 Å². The van der Waals surface area contributed by atoms with Gasteiger partial charge in [0.05, 0.1) is 4.21 Å². The van der Waals surface area contributed by atoms with Crippen molar-refractivity contribution in [3.8, 4) is 0 Å². The summed E-state index contributed by atoms with van der Waals surface area (Å²) in [7, 11) is 0. The van der Waals surface area contributed by atoms with Gasteiger partial charge in [-0.15, -0.1) is 23.1 Å².